The van der Waals surface area contributed by atoms with Crippen LogP contribution in [0.15, 0.2) is 59.8 Å². The number of hydrogen-bond acceptors (Lipinski definition) is 6. The zero-order valence-electron chi connectivity index (χ0n) is 16.7. The number of nitrogens with one attached hydrogen (secondary N) is 1. The zero-order valence-corrected chi connectivity index (χ0v) is 16.7. The molecule has 156 valence electrons. The molecule has 0 aliphatic carbocycles. The summed E-state index contributed by atoms with van der Waals surface area (Å²) < 4.78 is 13.9. The molecule has 2 aromatic carbocycles. The van der Waals surface area contributed by atoms with Crippen molar-refractivity contribution >= 4 is 22.6 Å². The average Bonchev–Trinajstić information content (AvgIpc) is 3.20. The maximum atomic E-state index is 12.9. The van der Waals surface area contributed by atoms with E-state index in [1.54, 1.807) is 22.9 Å². The number of aromatic nitrogens is 4. The third-order valence-corrected chi connectivity index (χ3v) is 5.04. The molecule has 0 radical (unpaired) electrons. The van der Waals surface area contributed by atoms with E-state index in [-0.39, 0.29) is 18.0 Å². The second kappa shape index (κ2) is 7.60. The predicted octanol–water partition coefficient (Wildman–Crippen LogP) is 2.30. The number of benzene rings is 2. The first-order chi connectivity index (χ1) is 15.1. The van der Waals surface area contributed by atoms with Gasteiger partial charge in [-0.1, -0.05) is 18.2 Å². The van der Waals surface area contributed by atoms with Gasteiger partial charge in [0.2, 0.25) is 5.91 Å². The van der Waals surface area contributed by atoms with Crippen molar-refractivity contribution in [1.82, 2.24) is 19.3 Å². The van der Waals surface area contributed by atoms with Gasteiger partial charge in [-0.15, -0.1) is 0 Å². The van der Waals surface area contributed by atoms with Crippen LogP contribution >= 0.6 is 0 Å². The first-order valence-electron chi connectivity index (χ1n) is 9.79. The van der Waals surface area contributed by atoms with Gasteiger partial charge in [-0.2, -0.15) is 5.10 Å². The van der Waals surface area contributed by atoms with Crippen molar-refractivity contribution in [2.75, 3.05) is 18.5 Å². The number of nitrogens with zero attached hydrogens (tertiary/aromatic N) is 4. The molecule has 0 saturated carbocycles. The van der Waals surface area contributed by atoms with Crippen molar-refractivity contribution in [1.29, 1.82) is 0 Å². The van der Waals surface area contributed by atoms with E-state index in [0.717, 1.165) is 11.3 Å². The Labute approximate surface area is 176 Å². The van der Waals surface area contributed by atoms with Crippen LogP contribution in [0.1, 0.15) is 5.56 Å². The summed E-state index contributed by atoms with van der Waals surface area (Å²) in [6.07, 6.45) is 2.84. The largest absolute Gasteiger partial charge is 0.486 e. The lowest BCUT2D eigenvalue weighted by molar-refractivity contribution is -0.116. The molecule has 9 heteroatoms. The summed E-state index contributed by atoms with van der Waals surface area (Å²) in [5.41, 5.74) is 2.53. The van der Waals surface area contributed by atoms with Gasteiger partial charge in [0.25, 0.3) is 5.56 Å². The number of ether oxygens (including phenoxy) is 2. The molecule has 0 saturated heterocycles. The molecule has 0 bridgehead atoms. The molecule has 9 nitrogen and oxygen atoms in total. The predicted molar refractivity (Wildman–Crippen MR) is 114 cm³/mol. The van der Waals surface area contributed by atoms with Crippen LogP contribution in [0.25, 0.3) is 16.7 Å². The quantitative estimate of drug-likeness (QED) is 0.547. The number of hydrogen-bond donors (Lipinski definition) is 1. The van der Waals surface area contributed by atoms with E-state index in [2.05, 4.69) is 15.4 Å². The van der Waals surface area contributed by atoms with Crippen molar-refractivity contribution in [3.05, 3.63) is 70.9 Å². The molecule has 1 amide bonds. The van der Waals surface area contributed by atoms with Crippen LogP contribution in [0.3, 0.4) is 0 Å². The summed E-state index contributed by atoms with van der Waals surface area (Å²) in [7, 11) is 0. The fourth-order valence-corrected chi connectivity index (χ4v) is 3.51. The lowest BCUT2D eigenvalue weighted by Gasteiger charge is -2.19. The Morgan fingerprint density at radius 1 is 1.13 bits per heavy atom. The zero-order chi connectivity index (χ0) is 21.4. The van der Waals surface area contributed by atoms with Crippen molar-refractivity contribution < 1.29 is 14.3 Å². The van der Waals surface area contributed by atoms with E-state index in [1.807, 2.05) is 31.2 Å². The van der Waals surface area contributed by atoms with E-state index < -0.39 is 0 Å². The monoisotopic (exact) mass is 417 g/mol. The highest BCUT2D eigenvalue weighted by Gasteiger charge is 2.16. The first kappa shape index (κ1) is 18.9. The summed E-state index contributed by atoms with van der Waals surface area (Å²) in [6, 6.07) is 12.9. The molecule has 1 N–H and O–H groups in total. The summed E-state index contributed by atoms with van der Waals surface area (Å²) >= 11 is 0. The number of anilines is 1. The Hall–Kier alpha value is -4.14. The summed E-state index contributed by atoms with van der Waals surface area (Å²) in [6.45, 7) is 2.75. The normalized spacial score (nSPS) is 12.7. The lowest BCUT2D eigenvalue weighted by atomic mass is 10.2. The van der Waals surface area contributed by atoms with Crippen LogP contribution in [0.4, 0.5) is 5.69 Å². The average molecular weight is 417 g/mol. The summed E-state index contributed by atoms with van der Waals surface area (Å²) in [5, 5.41) is 7.45. The molecule has 4 aromatic rings. The number of carbonyl (C=O) groups excluding carboxylic acids is 1. The van der Waals surface area contributed by atoms with E-state index in [1.165, 1.54) is 17.1 Å². The molecule has 0 spiro atoms. The number of aryl methyl sites for hydroxylation is 1. The van der Waals surface area contributed by atoms with E-state index in [0.29, 0.717) is 41.4 Å². The Morgan fingerprint density at radius 3 is 2.77 bits per heavy atom. The van der Waals surface area contributed by atoms with Crippen LogP contribution in [0, 0.1) is 6.92 Å². The molecule has 2 aromatic heterocycles. The third-order valence-electron chi connectivity index (χ3n) is 5.04. The SMILES string of the molecule is Cc1ccccc1-n1ncc2c(=O)n(CC(=O)Nc3ccc4c(c3)OCCO4)cnc21. The van der Waals surface area contributed by atoms with Gasteiger partial charge in [-0.3, -0.25) is 14.2 Å². The first-order valence-corrected chi connectivity index (χ1v) is 9.79. The fraction of sp³-hybridized carbons (Fsp3) is 0.182. The molecule has 31 heavy (non-hydrogen) atoms. The summed E-state index contributed by atoms with van der Waals surface area (Å²) in [4.78, 5) is 29.8. The Morgan fingerprint density at radius 2 is 1.94 bits per heavy atom. The molecular formula is C22H19N5O4. The van der Waals surface area contributed by atoms with Crippen molar-refractivity contribution in [2.24, 2.45) is 0 Å². The number of rotatable bonds is 4. The minimum absolute atomic E-state index is 0.175. The Balaban J connectivity index is 1.38. The molecule has 0 unspecified atom stereocenters. The minimum Gasteiger partial charge on any atom is -0.486 e. The maximum absolute atomic E-state index is 12.9. The number of amides is 1. The molecule has 0 fully saturated rings. The highest BCUT2D eigenvalue weighted by atomic mass is 16.6. The smallest absolute Gasteiger partial charge is 0.264 e. The van der Waals surface area contributed by atoms with Crippen LogP contribution < -0.4 is 20.3 Å². The third kappa shape index (κ3) is 3.50. The van der Waals surface area contributed by atoms with Gasteiger partial charge < -0.3 is 14.8 Å². The summed E-state index contributed by atoms with van der Waals surface area (Å²) in [5.74, 6) is 0.861. The van der Waals surface area contributed by atoms with Gasteiger partial charge >= 0.3 is 0 Å². The van der Waals surface area contributed by atoms with Crippen molar-refractivity contribution in [2.45, 2.75) is 13.5 Å². The van der Waals surface area contributed by atoms with Gasteiger partial charge in [-0.05, 0) is 30.7 Å². The fourth-order valence-electron chi connectivity index (χ4n) is 3.51. The molecule has 5 rings (SSSR count). The highest BCUT2D eigenvalue weighted by molar-refractivity contribution is 5.91. The molecule has 1 aliphatic rings. The van der Waals surface area contributed by atoms with Crippen LogP contribution in [-0.4, -0.2) is 38.5 Å². The van der Waals surface area contributed by atoms with Gasteiger partial charge in [0.05, 0.1) is 11.9 Å². The number of carbonyl (C=O) groups is 1. The van der Waals surface area contributed by atoms with Crippen LogP contribution in [0.2, 0.25) is 0 Å². The van der Waals surface area contributed by atoms with E-state index >= 15 is 0 Å². The van der Waals surface area contributed by atoms with Crippen LogP contribution in [-0.2, 0) is 11.3 Å². The Kier molecular flexibility index (Phi) is 4.62. The van der Waals surface area contributed by atoms with E-state index in [4.69, 9.17) is 9.47 Å². The number of fused-ring (bicyclic) bond motifs is 2. The Bertz CT molecular complexity index is 1360. The van der Waals surface area contributed by atoms with Crippen molar-refractivity contribution in [3.8, 4) is 17.2 Å². The molecule has 0 atom stereocenters. The van der Waals surface area contributed by atoms with Gasteiger partial charge in [0, 0.05) is 11.8 Å². The molecule has 1 aliphatic heterocycles. The van der Waals surface area contributed by atoms with Crippen LogP contribution in [0.5, 0.6) is 11.5 Å². The second-order valence-corrected chi connectivity index (χ2v) is 7.16. The van der Waals surface area contributed by atoms with Gasteiger partial charge in [0.15, 0.2) is 17.1 Å². The topological polar surface area (TPSA) is 100 Å². The standard InChI is InChI=1S/C22H19N5O4/c1-14-4-2-3-5-17(14)27-21-16(11-24-27)22(29)26(13-23-21)12-20(28)25-15-6-7-18-19(10-15)31-9-8-30-18/h2-7,10-11,13H,8-9,12H2,1H3,(H,25,28). The number of para-hydroxylation sites is 1. The second-order valence-electron chi connectivity index (χ2n) is 7.16. The van der Waals surface area contributed by atoms with Gasteiger partial charge in [-0.25, -0.2) is 9.67 Å². The maximum Gasteiger partial charge on any atom is 0.264 e. The van der Waals surface area contributed by atoms with Gasteiger partial charge in [0.1, 0.15) is 31.5 Å². The molecular weight excluding hydrogens is 398 g/mol. The van der Waals surface area contributed by atoms with E-state index in [9.17, 15) is 9.59 Å². The molecule has 3 heterocycles. The lowest BCUT2D eigenvalue weighted by Crippen LogP contribution is -2.28. The van der Waals surface area contributed by atoms with Crippen molar-refractivity contribution in [3.63, 3.8) is 0 Å². The highest BCUT2D eigenvalue weighted by Crippen LogP contribution is 2.32. The minimum atomic E-state index is -0.355.